The Labute approximate surface area is 136 Å². The second kappa shape index (κ2) is 11.6. The van der Waals surface area contributed by atoms with Crippen molar-refractivity contribution in [2.45, 2.75) is 12.5 Å². The molecule has 3 N–H and O–H groups in total. The van der Waals surface area contributed by atoms with Crippen LogP contribution in [0, 0.1) is 0 Å². The molecule has 0 saturated carbocycles. The van der Waals surface area contributed by atoms with Crippen LogP contribution in [0.15, 0.2) is 24.3 Å². The highest BCUT2D eigenvalue weighted by atomic mass is 16.5. The number of carbonyl (C=O) groups is 2. The highest BCUT2D eigenvalue weighted by molar-refractivity contribution is 5.80. The van der Waals surface area contributed by atoms with Crippen molar-refractivity contribution in [1.29, 1.82) is 0 Å². The smallest absolute Gasteiger partial charge is 0.246 e. The van der Waals surface area contributed by atoms with Crippen molar-refractivity contribution in [3.63, 3.8) is 0 Å². The van der Waals surface area contributed by atoms with Gasteiger partial charge in [0.1, 0.15) is 18.6 Å². The number of aromatic hydroxyl groups is 1. The maximum atomic E-state index is 11.7. The van der Waals surface area contributed by atoms with E-state index in [1.165, 1.54) is 12.1 Å². The number of benzene rings is 1. The maximum absolute atomic E-state index is 11.7. The molecule has 1 rings (SSSR count). The Bertz CT molecular complexity index is 464. The number of ether oxygens (including phenoxy) is 2. The minimum absolute atomic E-state index is 0.116. The zero-order chi connectivity index (χ0) is 16.9. The third kappa shape index (κ3) is 8.92. The number of phenols is 1. The lowest BCUT2D eigenvalue weighted by molar-refractivity contribution is -0.128. The van der Waals surface area contributed by atoms with Gasteiger partial charge in [0.05, 0.1) is 25.9 Å². The third-order valence-electron chi connectivity index (χ3n) is 3.00. The van der Waals surface area contributed by atoms with Gasteiger partial charge in [0.25, 0.3) is 0 Å². The molecule has 0 bridgehead atoms. The summed E-state index contributed by atoms with van der Waals surface area (Å²) < 4.78 is 10.4. The van der Waals surface area contributed by atoms with Crippen LogP contribution in [0.5, 0.6) is 5.75 Å². The SMILES string of the molecule is CNCCOCCOCC(=O)NC(C=O)Cc1ccc(O)cc1. The van der Waals surface area contributed by atoms with E-state index in [-0.39, 0.29) is 18.3 Å². The summed E-state index contributed by atoms with van der Waals surface area (Å²) in [5, 5.41) is 14.8. The fourth-order valence-corrected chi connectivity index (χ4v) is 1.83. The van der Waals surface area contributed by atoms with Gasteiger partial charge in [0.2, 0.25) is 5.91 Å². The molecule has 1 aromatic carbocycles. The van der Waals surface area contributed by atoms with Crippen molar-refractivity contribution < 1.29 is 24.2 Å². The summed E-state index contributed by atoms with van der Waals surface area (Å²) in [5.74, 6) is -0.193. The first-order valence-corrected chi connectivity index (χ1v) is 7.48. The Morgan fingerprint density at radius 1 is 1.22 bits per heavy atom. The molecule has 0 aliphatic carbocycles. The molecule has 0 aliphatic heterocycles. The van der Waals surface area contributed by atoms with E-state index in [0.717, 1.165) is 12.1 Å². The second-order valence-electron chi connectivity index (χ2n) is 4.95. The lowest BCUT2D eigenvalue weighted by atomic mass is 10.1. The standard InChI is InChI=1S/C16H24N2O5/c1-17-6-7-22-8-9-23-12-16(21)18-14(11-19)10-13-2-4-15(20)5-3-13/h2-5,11,14,17,20H,6-10,12H2,1H3,(H,18,21). The quantitative estimate of drug-likeness (QED) is 0.366. The summed E-state index contributed by atoms with van der Waals surface area (Å²) in [6.07, 6.45) is 1.05. The van der Waals surface area contributed by atoms with Crippen LogP contribution in [0.2, 0.25) is 0 Å². The average Bonchev–Trinajstić information content (AvgIpc) is 2.55. The van der Waals surface area contributed by atoms with Crippen molar-refractivity contribution in [2.75, 3.05) is 40.0 Å². The summed E-state index contributed by atoms with van der Waals surface area (Å²) in [6, 6.07) is 5.86. The van der Waals surface area contributed by atoms with E-state index in [0.29, 0.717) is 32.5 Å². The minimum Gasteiger partial charge on any atom is -0.508 e. The van der Waals surface area contributed by atoms with Gasteiger partial charge in [-0.25, -0.2) is 0 Å². The molecule has 23 heavy (non-hydrogen) atoms. The van der Waals surface area contributed by atoms with E-state index in [4.69, 9.17) is 9.47 Å². The fraction of sp³-hybridized carbons (Fsp3) is 0.500. The molecule has 1 unspecified atom stereocenters. The molecule has 0 saturated heterocycles. The largest absolute Gasteiger partial charge is 0.508 e. The van der Waals surface area contributed by atoms with Gasteiger partial charge in [0, 0.05) is 6.54 Å². The van der Waals surface area contributed by atoms with E-state index in [1.54, 1.807) is 12.1 Å². The number of rotatable bonds is 12. The molecule has 0 heterocycles. The first-order valence-electron chi connectivity index (χ1n) is 7.48. The number of aldehydes is 1. The van der Waals surface area contributed by atoms with Gasteiger partial charge in [-0.05, 0) is 31.2 Å². The summed E-state index contributed by atoms with van der Waals surface area (Å²) >= 11 is 0. The summed E-state index contributed by atoms with van der Waals surface area (Å²) in [5.41, 5.74) is 0.846. The van der Waals surface area contributed by atoms with Gasteiger partial charge in [-0.15, -0.1) is 0 Å². The number of hydrogen-bond donors (Lipinski definition) is 3. The van der Waals surface area contributed by atoms with Crippen molar-refractivity contribution >= 4 is 12.2 Å². The summed E-state index contributed by atoms with van der Waals surface area (Å²) in [6.45, 7) is 1.97. The van der Waals surface area contributed by atoms with Crippen LogP contribution in [-0.4, -0.2) is 63.4 Å². The van der Waals surface area contributed by atoms with E-state index in [1.807, 2.05) is 7.05 Å². The molecular weight excluding hydrogens is 300 g/mol. The Kier molecular flexibility index (Phi) is 9.62. The normalized spacial score (nSPS) is 11.9. The maximum Gasteiger partial charge on any atom is 0.246 e. The molecule has 0 radical (unpaired) electrons. The van der Waals surface area contributed by atoms with Gasteiger partial charge in [-0.3, -0.25) is 4.79 Å². The summed E-state index contributed by atoms with van der Waals surface area (Å²) in [7, 11) is 1.84. The van der Waals surface area contributed by atoms with Gasteiger partial charge in [-0.1, -0.05) is 12.1 Å². The number of phenolic OH excluding ortho intramolecular Hbond substituents is 1. The van der Waals surface area contributed by atoms with Crippen LogP contribution in [-0.2, 0) is 25.5 Å². The van der Waals surface area contributed by atoms with E-state index >= 15 is 0 Å². The molecule has 0 fully saturated rings. The Hall–Kier alpha value is -1.96. The molecular formula is C16H24N2O5. The van der Waals surface area contributed by atoms with Crippen molar-refractivity contribution in [3.8, 4) is 5.75 Å². The third-order valence-corrected chi connectivity index (χ3v) is 3.00. The van der Waals surface area contributed by atoms with E-state index < -0.39 is 6.04 Å². The first-order chi connectivity index (χ1) is 11.2. The predicted molar refractivity (Wildman–Crippen MR) is 85.4 cm³/mol. The Morgan fingerprint density at radius 3 is 2.57 bits per heavy atom. The molecule has 7 heteroatoms. The minimum atomic E-state index is -0.623. The Balaban J connectivity index is 2.20. The van der Waals surface area contributed by atoms with Crippen LogP contribution in [0.4, 0.5) is 0 Å². The van der Waals surface area contributed by atoms with Crippen molar-refractivity contribution in [2.24, 2.45) is 0 Å². The molecule has 128 valence electrons. The van der Waals surface area contributed by atoms with Crippen molar-refractivity contribution in [1.82, 2.24) is 10.6 Å². The van der Waals surface area contributed by atoms with E-state index in [9.17, 15) is 14.7 Å². The average molecular weight is 324 g/mol. The molecule has 0 spiro atoms. The van der Waals surface area contributed by atoms with Crippen LogP contribution in [0.1, 0.15) is 5.56 Å². The number of nitrogens with one attached hydrogen (secondary N) is 2. The van der Waals surface area contributed by atoms with Crippen LogP contribution >= 0.6 is 0 Å². The zero-order valence-corrected chi connectivity index (χ0v) is 13.3. The van der Waals surface area contributed by atoms with Crippen LogP contribution in [0.25, 0.3) is 0 Å². The molecule has 0 aliphatic rings. The number of likely N-dealkylation sites (N-methyl/N-ethyl adjacent to an activating group) is 1. The van der Waals surface area contributed by atoms with Gasteiger partial charge >= 0.3 is 0 Å². The highest BCUT2D eigenvalue weighted by Crippen LogP contribution is 2.10. The number of amides is 1. The molecule has 0 aromatic heterocycles. The molecule has 1 atom stereocenters. The lowest BCUT2D eigenvalue weighted by Gasteiger charge is -2.13. The lowest BCUT2D eigenvalue weighted by Crippen LogP contribution is -2.39. The molecule has 1 amide bonds. The molecule has 7 nitrogen and oxygen atoms in total. The Morgan fingerprint density at radius 2 is 1.91 bits per heavy atom. The van der Waals surface area contributed by atoms with Crippen LogP contribution in [0.3, 0.4) is 0 Å². The fourth-order valence-electron chi connectivity index (χ4n) is 1.83. The van der Waals surface area contributed by atoms with Gasteiger partial charge < -0.3 is 30.0 Å². The topological polar surface area (TPSA) is 96.9 Å². The van der Waals surface area contributed by atoms with Gasteiger partial charge in [-0.2, -0.15) is 0 Å². The predicted octanol–water partition coefficient (Wildman–Crippen LogP) is -0.129. The zero-order valence-electron chi connectivity index (χ0n) is 13.3. The number of carbonyl (C=O) groups excluding carboxylic acids is 2. The van der Waals surface area contributed by atoms with Crippen molar-refractivity contribution in [3.05, 3.63) is 29.8 Å². The van der Waals surface area contributed by atoms with Crippen LogP contribution < -0.4 is 10.6 Å². The highest BCUT2D eigenvalue weighted by Gasteiger charge is 2.12. The van der Waals surface area contributed by atoms with E-state index in [2.05, 4.69) is 10.6 Å². The van der Waals surface area contributed by atoms with Gasteiger partial charge in [0.15, 0.2) is 0 Å². The first kappa shape index (κ1) is 19.1. The monoisotopic (exact) mass is 324 g/mol. The summed E-state index contributed by atoms with van der Waals surface area (Å²) in [4.78, 5) is 22.8. The molecule has 1 aromatic rings. The number of hydrogen-bond acceptors (Lipinski definition) is 6. The second-order valence-corrected chi connectivity index (χ2v) is 4.95.